The van der Waals surface area contributed by atoms with Crippen molar-refractivity contribution in [1.29, 1.82) is 0 Å². The van der Waals surface area contributed by atoms with Crippen LogP contribution in [0.25, 0.3) is 16.5 Å². The van der Waals surface area contributed by atoms with Crippen LogP contribution in [0, 0.1) is 5.82 Å². The van der Waals surface area contributed by atoms with E-state index in [0.717, 1.165) is 16.5 Å². The van der Waals surface area contributed by atoms with Crippen molar-refractivity contribution in [2.24, 2.45) is 0 Å². The molecule has 0 saturated heterocycles. The van der Waals surface area contributed by atoms with Crippen LogP contribution in [0.4, 0.5) is 10.1 Å². The number of anilines is 1. The molecule has 1 N–H and O–H groups in total. The van der Waals surface area contributed by atoms with Crippen molar-refractivity contribution in [2.45, 2.75) is 5.16 Å². The fourth-order valence-corrected chi connectivity index (χ4v) is 3.35. The maximum Gasteiger partial charge on any atom is 0.234 e. The highest BCUT2D eigenvalue weighted by Gasteiger charge is 2.12. The summed E-state index contributed by atoms with van der Waals surface area (Å²) in [5.41, 5.74) is 1.38. The number of tetrazole rings is 1. The number of hydrogen-bond donors (Lipinski definition) is 1. The zero-order valence-electron chi connectivity index (χ0n) is 14.0. The number of thioether (sulfide) groups is 1. The summed E-state index contributed by atoms with van der Waals surface area (Å²) < 4.78 is 14.5. The van der Waals surface area contributed by atoms with Gasteiger partial charge in [-0.2, -0.15) is 4.68 Å². The summed E-state index contributed by atoms with van der Waals surface area (Å²) in [6.45, 7) is 0. The molecule has 4 aromatic rings. The molecule has 0 aliphatic heterocycles. The van der Waals surface area contributed by atoms with E-state index < -0.39 is 0 Å². The number of nitrogens with one attached hydrogen (secondary N) is 1. The minimum Gasteiger partial charge on any atom is -0.325 e. The average molecular weight is 379 g/mol. The highest BCUT2D eigenvalue weighted by atomic mass is 32.2. The Morgan fingerprint density at radius 3 is 2.67 bits per heavy atom. The van der Waals surface area contributed by atoms with Crippen molar-refractivity contribution in [3.05, 3.63) is 72.5 Å². The van der Waals surface area contributed by atoms with Gasteiger partial charge in [-0.15, -0.1) is 5.10 Å². The molecule has 0 saturated carbocycles. The second kappa shape index (κ2) is 7.55. The van der Waals surface area contributed by atoms with Crippen LogP contribution in [0.1, 0.15) is 0 Å². The minimum atomic E-state index is -0.338. The Morgan fingerprint density at radius 2 is 1.81 bits per heavy atom. The first-order chi connectivity index (χ1) is 13.2. The molecule has 1 aromatic heterocycles. The summed E-state index contributed by atoms with van der Waals surface area (Å²) in [4.78, 5) is 12.4. The van der Waals surface area contributed by atoms with Gasteiger partial charge in [0.05, 0.1) is 11.4 Å². The molecular weight excluding hydrogens is 365 g/mol. The SMILES string of the molecule is O=C(CSc1nnnn1-c1ccc(F)cc1)Nc1cccc2ccccc12. The van der Waals surface area contributed by atoms with Crippen molar-refractivity contribution in [1.82, 2.24) is 20.2 Å². The van der Waals surface area contributed by atoms with E-state index >= 15 is 0 Å². The number of halogens is 1. The lowest BCUT2D eigenvalue weighted by Crippen LogP contribution is -2.14. The molecular formula is C19H14FN5OS. The van der Waals surface area contributed by atoms with Crippen LogP contribution in [-0.4, -0.2) is 31.9 Å². The molecule has 0 bridgehead atoms. The number of carbonyl (C=O) groups excluding carboxylic acids is 1. The van der Waals surface area contributed by atoms with Crippen molar-refractivity contribution in [3.63, 3.8) is 0 Å². The first-order valence-corrected chi connectivity index (χ1v) is 9.14. The van der Waals surface area contributed by atoms with Crippen LogP contribution in [0.5, 0.6) is 0 Å². The molecule has 6 nitrogen and oxygen atoms in total. The van der Waals surface area contributed by atoms with Crippen LogP contribution in [-0.2, 0) is 4.79 Å². The molecule has 27 heavy (non-hydrogen) atoms. The fourth-order valence-electron chi connectivity index (χ4n) is 2.66. The van der Waals surface area contributed by atoms with Gasteiger partial charge < -0.3 is 5.32 Å². The van der Waals surface area contributed by atoms with Crippen LogP contribution in [0.3, 0.4) is 0 Å². The summed E-state index contributed by atoms with van der Waals surface area (Å²) >= 11 is 1.21. The number of nitrogens with zero attached hydrogens (tertiary/aromatic N) is 4. The third-order valence-electron chi connectivity index (χ3n) is 3.91. The molecule has 134 valence electrons. The minimum absolute atomic E-state index is 0.144. The van der Waals surface area contributed by atoms with Crippen molar-refractivity contribution < 1.29 is 9.18 Å². The van der Waals surface area contributed by atoms with Gasteiger partial charge in [-0.05, 0) is 46.1 Å². The molecule has 0 aliphatic carbocycles. The molecule has 8 heteroatoms. The molecule has 0 radical (unpaired) electrons. The number of hydrogen-bond acceptors (Lipinski definition) is 5. The maximum absolute atomic E-state index is 13.1. The van der Waals surface area contributed by atoms with E-state index in [2.05, 4.69) is 20.8 Å². The Morgan fingerprint density at radius 1 is 1.04 bits per heavy atom. The van der Waals surface area contributed by atoms with E-state index in [9.17, 15) is 9.18 Å². The van der Waals surface area contributed by atoms with Gasteiger partial charge in [0, 0.05) is 11.1 Å². The third-order valence-corrected chi connectivity index (χ3v) is 4.83. The molecule has 0 fully saturated rings. The standard InChI is InChI=1S/C19H14FN5OS/c20-14-8-10-15(11-9-14)25-19(22-23-24-25)27-12-18(26)21-17-7-3-5-13-4-1-2-6-16(13)17/h1-11H,12H2,(H,21,26). The second-order valence-electron chi connectivity index (χ2n) is 5.71. The average Bonchev–Trinajstić information content (AvgIpc) is 3.16. The molecule has 1 amide bonds. The zero-order chi connectivity index (χ0) is 18.6. The van der Waals surface area contributed by atoms with E-state index in [1.54, 1.807) is 12.1 Å². The zero-order valence-corrected chi connectivity index (χ0v) is 14.9. The third kappa shape index (κ3) is 3.80. The number of rotatable bonds is 5. The lowest BCUT2D eigenvalue weighted by atomic mass is 10.1. The Bertz CT molecular complexity index is 1090. The number of carbonyl (C=O) groups is 1. The first kappa shape index (κ1) is 17.2. The van der Waals surface area contributed by atoms with Gasteiger partial charge in [-0.3, -0.25) is 4.79 Å². The molecule has 4 rings (SSSR count). The van der Waals surface area contributed by atoms with Crippen molar-refractivity contribution in [3.8, 4) is 5.69 Å². The quantitative estimate of drug-likeness (QED) is 0.536. The van der Waals surface area contributed by atoms with Gasteiger partial charge in [-0.25, -0.2) is 4.39 Å². The molecule has 1 heterocycles. The largest absolute Gasteiger partial charge is 0.325 e. The maximum atomic E-state index is 13.1. The van der Waals surface area contributed by atoms with E-state index in [4.69, 9.17) is 0 Å². The summed E-state index contributed by atoms with van der Waals surface area (Å²) in [7, 11) is 0. The van der Waals surface area contributed by atoms with Crippen molar-refractivity contribution >= 4 is 34.1 Å². The van der Waals surface area contributed by atoms with E-state index in [0.29, 0.717) is 10.8 Å². The van der Waals surface area contributed by atoms with Crippen LogP contribution in [0.15, 0.2) is 71.9 Å². The van der Waals surface area contributed by atoms with E-state index in [1.165, 1.54) is 28.6 Å². The molecule has 3 aromatic carbocycles. The Labute approximate surface area is 158 Å². The lowest BCUT2D eigenvalue weighted by molar-refractivity contribution is -0.113. The number of amides is 1. The molecule has 0 spiro atoms. The molecule has 0 atom stereocenters. The smallest absolute Gasteiger partial charge is 0.234 e. The van der Waals surface area contributed by atoms with Gasteiger partial charge in [-0.1, -0.05) is 48.2 Å². The number of fused-ring (bicyclic) bond motifs is 1. The van der Waals surface area contributed by atoms with Crippen molar-refractivity contribution in [2.75, 3.05) is 11.1 Å². The summed E-state index contributed by atoms with van der Waals surface area (Å²) in [5, 5.41) is 16.9. The number of benzene rings is 3. The normalized spacial score (nSPS) is 10.9. The molecule has 0 aliphatic rings. The van der Waals surface area contributed by atoms with Gasteiger partial charge in [0.25, 0.3) is 0 Å². The predicted molar refractivity (Wildman–Crippen MR) is 102 cm³/mol. The fraction of sp³-hybridized carbons (Fsp3) is 0.0526. The predicted octanol–water partition coefficient (Wildman–Crippen LogP) is 3.69. The second-order valence-corrected chi connectivity index (χ2v) is 6.66. The van der Waals surface area contributed by atoms with Gasteiger partial charge in [0.2, 0.25) is 11.1 Å². The highest BCUT2D eigenvalue weighted by molar-refractivity contribution is 7.99. The Balaban J connectivity index is 1.46. The van der Waals surface area contributed by atoms with Gasteiger partial charge in [0.15, 0.2) is 0 Å². The van der Waals surface area contributed by atoms with Gasteiger partial charge >= 0.3 is 0 Å². The van der Waals surface area contributed by atoms with Gasteiger partial charge in [0.1, 0.15) is 5.82 Å². The highest BCUT2D eigenvalue weighted by Crippen LogP contribution is 2.24. The summed E-state index contributed by atoms with van der Waals surface area (Å²) in [6, 6.07) is 19.4. The van der Waals surface area contributed by atoms with Crippen LogP contribution >= 0.6 is 11.8 Å². The summed E-state index contributed by atoms with van der Waals surface area (Å²) in [6.07, 6.45) is 0. The van der Waals surface area contributed by atoms with E-state index in [-0.39, 0.29) is 17.5 Å². The Kier molecular flexibility index (Phi) is 4.80. The topological polar surface area (TPSA) is 72.7 Å². The number of aromatic nitrogens is 4. The monoisotopic (exact) mass is 379 g/mol. The molecule has 0 unspecified atom stereocenters. The Hall–Kier alpha value is -3.26. The van der Waals surface area contributed by atoms with E-state index in [1.807, 2.05) is 42.5 Å². The lowest BCUT2D eigenvalue weighted by Gasteiger charge is -2.08. The summed E-state index contributed by atoms with van der Waals surface area (Å²) in [5.74, 6) is -0.356. The van der Waals surface area contributed by atoms with Crippen LogP contribution in [0.2, 0.25) is 0 Å². The first-order valence-electron chi connectivity index (χ1n) is 8.15. The van der Waals surface area contributed by atoms with Crippen LogP contribution < -0.4 is 5.32 Å².